The molecule has 6 heteroatoms. The van der Waals surface area contributed by atoms with Crippen LogP contribution in [0.2, 0.25) is 0 Å². The number of carbonyl (C=O) groups is 1. The zero-order valence-electron chi connectivity index (χ0n) is 13.3. The van der Waals surface area contributed by atoms with E-state index in [-0.39, 0.29) is 23.5 Å². The number of rotatable bonds is 5. The fraction of sp³-hybridized carbons (Fsp3) is 0.562. The fourth-order valence-electron chi connectivity index (χ4n) is 2.92. The average Bonchev–Trinajstić information content (AvgIpc) is 2.78. The molecule has 0 aliphatic carbocycles. The minimum atomic E-state index is -3.03. The summed E-state index contributed by atoms with van der Waals surface area (Å²) in [5.41, 5.74) is 2.65. The van der Waals surface area contributed by atoms with Crippen molar-refractivity contribution in [3.8, 4) is 0 Å². The molecule has 0 saturated carbocycles. The van der Waals surface area contributed by atoms with Gasteiger partial charge >= 0.3 is 0 Å². The van der Waals surface area contributed by atoms with Crippen LogP contribution in [-0.4, -0.2) is 57.0 Å². The maximum absolute atomic E-state index is 12.8. The van der Waals surface area contributed by atoms with Crippen molar-refractivity contribution >= 4 is 15.7 Å². The number of benzene rings is 1. The van der Waals surface area contributed by atoms with Crippen molar-refractivity contribution in [2.24, 2.45) is 0 Å². The molecule has 1 aromatic rings. The van der Waals surface area contributed by atoms with Gasteiger partial charge in [-0.3, -0.25) is 4.79 Å². The highest BCUT2D eigenvalue weighted by molar-refractivity contribution is 7.91. The van der Waals surface area contributed by atoms with Crippen molar-refractivity contribution < 1.29 is 17.9 Å². The summed E-state index contributed by atoms with van der Waals surface area (Å²) in [6.45, 7) is 4.70. The lowest BCUT2D eigenvalue weighted by Crippen LogP contribution is -2.43. The van der Waals surface area contributed by atoms with E-state index in [9.17, 15) is 13.2 Å². The van der Waals surface area contributed by atoms with Crippen LogP contribution in [-0.2, 0) is 14.6 Å². The molecule has 1 unspecified atom stereocenters. The van der Waals surface area contributed by atoms with Gasteiger partial charge in [0.15, 0.2) is 9.84 Å². The fourth-order valence-corrected chi connectivity index (χ4v) is 4.66. The normalized spacial score (nSPS) is 20.0. The average molecular weight is 325 g/mol. The molecule has 0 radical (unpaired) electrons. The second kappa shape index (κ2) is 6.79. The molecule has 1 aromatic carbocycles. The summed E-state index contributed by atoms with van der Waals surface area (Å²) in [6.07, 6.45) is 0.503. The minimum Gasteiger partial charge on any atom is -0.383 e. The van der Waals surface area contributed by atoms with Crippen LogP contribution in [0.5, 0.6) is 0 Å². The molecular formula is C16H23NO4S. The summed E-state index contributed by atoms with van der Waals surface area (Å²) < 4.78 is 28.5. The van der Waals surface area contributed by atoms with Crippen molar-refractivity contribution in [1.29, 1.82) is 0 Å². The lowest BCUT2D eigenvalue weighted by molar-refractivity contribution is 0.0624. The Balaban J connectivity index is 2.26. The van der Waals surface area contributed by atoms with Crippen molar-refractivity contribution in [3.05, 3.63) is 34.9 Å². The Bertz CT molecular complexity index is 634. The third-order valence-corrected chi connectivity index (χ3v) is 5.67. The van der Waals surface area contributed by atoms with E-state index in [4.69, 9.17) is 4.74 Å². The number of amides is 1. The third kappa shape index (κ3) is 4.08. The van der Waals surface area contributed by atoms with Gasteiger partial charge in [-0.1, -0.05) is 17.2 Å². The van der Waals surface area contributed by atoms with Gasteiger partial charge in [-0.2, -0.15) is 0 Å². The van der Waals surface area contributed by atoms with Crippen molar-refractivity contribution in [1.82, 2.24) is 4.90 Å². The Morgan fingerprint density at radius 2 is 1.91 bits per heavy atom. The summed E-state index contributed by atoms with van der Waals surface area (Å²) in [4.78, 5) is 14.5. The van der Waals surface area contributed by atoms with E-state index in [1.54, 1.807) is 12.0 Å². The van der Waals surface area contributed by atoms with Gasteiger partial charge in [-0.25, -0.2) is 8.42 Å². The van der Waals surface area contributed by atoms with E-state index < -0.39 is 9.84 Å². The molecule has 1 amide bonds. The van der Waals surface area contributed by atoms with E-state index in [0.29, 0.717) is 25.1 Å². The van der Waals surface area contributed by atoms with Crippen molar-refractivity contribution in [3.63, 3.8) is 0 Å². The van der Waals surface area contributed by atoms with Gasteiger partial charge in [-0.05, 0) is 32.4 Å². The lowest BCUT2D eigenvalue weighted by Gasteiger charge is -2.28. The number of nitrogens with zero attached hydrogens (tertiary/aromatic N) is 1. The Kier molecular flexibility index (Phi) is 5.24. The predicted molar refractivity (Wildman–Crippen MR) is 85.9 cm³/mol. The van der Waals surface area contributed by atoms with Crippen LogP contribution in [0, 0.1) is 13.8 Å². The quantitative estimate of drug-likeness (QED) is 0.824. The molecule has 2 rings (SSSR count). The highest BCUT2D eigenvalue weighted by Crippen LogP contribution is 2.21. The number of sulfone groups is 1. The molecule has 1 aliphatic heterocycles. The standard InChI is InChI=1S/C16H23NO4S/c1-12-8-13(2)10-14(9-12)16(18)17(5-6-21-3)15-4-7-22(19,20)11-15/h8-10,15H,4-7,11H2,1-3H3. The maximum atomic E-state index is 12.8. The van der Waals surface area contributed by atoms with Crippen LogP contribution in [0.25, 0.3) is 0 Å². The molecule has 1 heterocycles. The predicted octanol–water partition coefficient (Wildman–Crippen LogP) is 1.58. The Labute approximate surface area is 132 Å². The highest BCUT2D eigenvalue weighted by Gasteiger charge is 2.34. The smallest absolute Gasteiger partial charge is 0.254 e. The number of methoxy groups -OCH3 is 1. The number of ether oxygens (including phenoxy) is 1. The first-order valence-electron chi connectivity index (χ1n) is 7.41. The van der Waals surface area contributed by atoms with Gasteiger partial charge < -0.3 is 9.64 Å². The number of hydrogen-bond acceptors (Lipinski definition) is 4. The van der Waals surface area contributed by atoms with Crippen LogP contribution in [0.1, 0.15) is 27.9 Å². The molecular weight excluding hydrogens is 302 g/mol. The monoisotopic (exact) mass is 325 g/mol. The SMILES string of the molecule is COCCN(C(=O)c1cc(C)cc(C)c1)C1CCS(=O)(=O)C1. The van der Waals surface area contributed by atoms with E-state index in [1.807, 2.05) is 32.0 Å². The van der Waals surface area contributed by atoms with E-state index in [0.717, 1.165) is 11.1 Å². The molecule has 0 bridgehead atoms. The van der Waals surface area contributed by atoms with Crippen LogP contribution < -0.4 is 0 Å². The van der Waals surface area contributed by atoms with Gasteiger partial charge in [0.2, 0.25) is 0 Å². The maximum Gasteiger partial charge on any atom is 0.254 e. The van der Waals surface area contributed by atoms with Crippen LogP contribution in [0.15, 0.2) is 18.2 Å². The highest BCUT2D eigenvalue weighted by atomic mass is 32.2. The summed E-state index contributed by atoms with van der Waals surface area (Å²) >= 11 is 0. The Morgan fingerprint density at radius 3 is 2.41 bits per heavy atom. The van der Waals surface area contributed by atoms with Gasteiger partial charge in [0, 0.05) is 25.3 Å². The minimum absolute atomic E-state index is 0.0489. The first kappa shape index (κ1) is 17.0. The summed E-state index contributed by atoms with van der Waals surface area (Å²) in [7, 11) is -1.46. The first-order valence-corrected chi connectivity index (χ1v) is 9.23. The summed E-state index contributed by atoms with van der Waals surface area (Å²) in [5.74, 6) is 0.0834. The molecule has 1 aliphatic rings. The van der Waals surface area contributed by atoms with Gasteiger partial charge in [0.25, 0.3) is 5.91 Å². The second-order valence-corrected chi connectivity index (χ2v) is 8.15. The Morgan fingerprint density at radius 1 is 1.27 bits per heavy atom. The molecule has 0 spiro atoms. The number of carbonyl (C=O) groups excluding carboxylic acids is 1. The molecule has 122 valence electrons. The van der Waals surface area contributed by atoms with E-state index in [1.165, 1.54) is 0 Å². The van der Waals surface area contributed by atoms with Gasteiger partial charge in [-0.15, -0.1) is 0 Å². The zero-order chi connectivity index (χ0) is 16.3. The molecule has 1 saturated heterocycles. The molecule has 22 heavy (non-hydrogen) atoms. The van der Waals surface area contributed by atoms with E-state index in [2.05, 4.69) is 0 Å². The first-order chi connectivity index (χ1) is 10.3. The number of hydrogen-bond donors (Lipinski definition) is 0. The molecule has 1 fully saturated rings. The zero-order valence-corrected chi connectivity index (χ0v) is 14.1. The molecule has 0 N–H and O–H groups in total. The topological polar surface area (TPSA) is 63.7 Å². The van der Waals surface area contributed by atoms with Crippen LogP contribution in [0.3, 0.4) is 0 Å². The third-order valence-electron chi connectivity index (χ3n) is 3.91. The second-order valence-electron chi connectivity index (χ2n) is 5.92. The van der Waals surface area contributed by atoms with Crippen LogP contribution >= 0.6 is 0 Å². The molecule has 5 nitrogen and oxygen atoms in total. The number of aryl methyl sites for hydroxylation is 2. The summed E-state index contributed by atoms with van der Waals surface area (Å²) in [6, 6.07) is 5.45. The lowest BCUT2D eigenvalue weighted by atomic mass is 10.1. The molecule has 1 atom stereocenters. The largest absolute Gasteiger partial charge is 0.383 e. The molecule has 0 aromatic heterocycles. The van der Waals surface area contributed by atoms with Gasteiger partial charge in [0.1, 0.15) is 0 Å². The van der Waals surface area contributed by atoms with E-state index >= 15 is 0 Å². The Hall–Kier alpha value is -1.40. The van der Waals surface area contributed by atoms with Gasteiger partial charge in [0.05, 0.1) is 18.1 Å². The van der Waals surface area contributed by atoms with Crippen molar-refractivity contribution in [2.45, 2.75) is 26.3 Å². The van der Waals surface area contributed by atoms with Crippen LogP contribution in [0.4, 0.5) is 0 Å². The van der Waals surface area contributed by atoms with Crippen molar-refractivity contribution in [2.75, 3.05) is 31.8 Å². The summed E-state index contributed by atoms with van der Waals surface area (Å²) in [5, 5.41) is 0.